The molecule has 0 bridgehead atoms. The van der Waals surface area contributed by atoms with E-state index in [4.69, 9.17) is 9.31 Å². The van der Waals surface area contributed by atoms with Crippen molar-refractivity contribution in [1.29, 1.82) is 0 Å². The Kier molecular flexibility index (Phi) is 2.91. The Morgan fingerprint density at radius 1 is 1.24 bits per heavy atom. The molecule has 1 aromatic heterocycles. The van der Waals surface area contributed by atoms with Gasteiger partial charge in [0.15, 0.2) is 0 Å². The summed E-state index contributed by atoms with van der Waals surface area (Å²) in [7, 11) is 1.65. The Balaban J connectivity index is 2.08. The van der Waals surface area contributed by atoms with Gasteiger partial charge < -0.3 is 13.9 Å². The fourth-order valence-electron chi connectivity index (χ4n) is 1.67. The summed E-state index contributed by atoms with van der Waals surface area (Å²) < 4.78 is 13.7. The molecule has 0 unspecified atom stereocenters. The van der Waals surface area contributed by atoms with E-state index in [1.807, 2.05) is 57.6 Å². The first-order valence-electron chi connectivity index (χ1n) is 5.83. The molecular formula is C12H19BN2O2. The molecule has 0 atom stereocenters. The number of rotatable bonds is 2. The second kappa shape index (κ2) is 4.00. The SMILES string of the molecule is Cn1ccnc1/C=C/B1OC(C)(C)C(C)(C)O1. The van der Waals surface area contributed by atoms with Crippen LogP contribution in [0.3, 0.4) is 0 Å². The fraction of sp³-hybridized carbons (Fsp3) is 0.583. The fourth-order valence-corrected chi connectivity index (χ4v) is 1.67. The van der Waals surface area contributed by atoms with Crippen molar-refractivity contribution < 1.29 is 9.31 Å². The predicted molar refractivity (Wildman–Crippen MR) is 68.3 cm³/mol. The van der Waals surface area contributed by atoms with Crippen LogP contribution in [0, 0.1) is 0 Å². The summed E-state index contributed by atoms with van der Waals surface area (Å²) in [5.74, 6) is 2.79. The molecule has 2 rings (SSSR count). The van der Waals surface area contributed by atoms with E-state index >= 15 is 0 Å². The van der Waals surface area contributed by atoms with Crippen molar-refractivity contribution in [3.8, 4) is 0 Å². The Hall–Kier alpha value is -1.07. The highest BCUT2D eigenvalue weighted by Gasteiger charge is 2.50. The molecule has 0 N–H and O–H groups in total. The molecule has 5 heteroatoms. The van der Waals surface area contributed by atoms with E-state index in [1.54, 1.807) is 6.20 Å². The zero-order valence-corrected chi connectivity index (χ0v) is 11.1. The Bertz CT molecular complexity index is 421. The van der Waals surface area contributed by atoms with Crippen LogP contribution in [-0.4, -0.2) is 27.9 Å². The van der Waals surface area contributed by atoms with Crippen molar-refractivity contribution in [3.05, 3.63) is 24.2 Å². The minimum atomic E-state index is -0.309. The average Bonchev–Trinajstić information content (AvgIpc) is 2.66. The Labute approximate surface area is 103 Å². The van der Waals surface area contributed by atoms with Crippen molar-refractivity contribution in [2.75, 3.05) is 0 Å². The standard InChI is InChI=1S/C12H19BN2O2/c1-11(2)12(3,4)17-13(16-11)7-6-10-14-8-9-15(10)5/h6-9H,1-5H3/b7-6+. The lowest BCUT2D eigenvalue weighted by molar-refractivity contribution is 0.00578. The lowest BCUT2D eigenvalue weighted by Crippen LogP contribution is -2.41. The normalized spacial score (nSPS) is 22.5. The molecule has 0 amide bonds. The molecule has 17 heavy (non-hydrogen) atoms. The third kappa shape index (κ3) is 2.30. The van der Waals surface area contributed by atoms with Crippen molar-refractivity contribution >= 4 is 13.2 Å². The van der Waals surface area contributed by atoms with E-state index in [9.17, 15) is 0 Å². The van der Waals surface area contributed by atoms with Gasteiger partial charge in [0.1, 0.15) is 5.82 Å². The van der Waals surface area contributed by atoms with Gasteiger partial charge in [-0.1, -0.05) is 5.98 Å². The van der Waals surface area contributed by atoms with Crippen LogP contribution in [0.1, 0.15) is 33.5 Å². The summed E-state index contributed by atoms with van der Waals surface area (Å²) in [5, 5.41) is 0. The summed E-state index contributed by atoms with van der Waals surface area (Å²) >= 11 is 0. The summed E-state index contributed by atoms with van der Waals surface area (Å²) in [6.07, 6.45) is 5.59. The molecular weight excluding hydrogens is 215 g/mol. The molecule has 1 aromatic rings. The van der Waals surface area contributed by atoms with E-state index in [-0.39, 0.29) is 18.3 Å². The minimum absolute atomic E-state index is 0.288. The van der Waals surface area contributed by atoms with Gasteiger partial charge in [0.2, 0.25) is 0 Å². The van der Waals surface area contributed by atoms with Gasteiger partial charge in [0, 0.05) is 19.4 Å². The van der Waals surface area contributed by atoms with E-state index in [2.05, 4.69) is 4.98 Å². The maximum atomic E-state index is 5.86. The summed E-state index contributed by atoms with van der Waals surface area (Å²) in [6, 6.07) is 0. The van der Waals surface area contributed by atoms with Gasteiger partial charge in [-0.05, 0) is 33.8 Å². The maximum absolute atomic E-state index is 5.86. The molecule has 0 radical (unpaired) electrons. The summed E-state index contributed by atoms with van der Waals surface area (Å²) in [4.78, 5) is 4.21. The third-order valence-electron chi connectivity index (χ3n) is 3.53. The van der Waals surface area contributed by atoms with Gasteiger partial charge >= 0.3 is 7.12 Å². The van der Waals surface area contributed by atoms with E-state index < -0.39 is 0 Å². The molecule has 92 valence electrons. The smallest absolute Gasteiger partial charge is 0.400 e. The molecule has 1 aliphatic heterocycles. The molecule has 0 saturated carbocycles. The molecule has 1 fully saturated rings. The largest absolute Gasteiger partial charge is 0.487 e. The molecule has 0 aromatic carbocycles. The molecule has 1 aliphatic rings. The van der Waals surface area contributed by atoms with Crippen LogP contribution in [-0.2, 0) is 16.4 Å². The average molecular weight is 234 g/mol. The highest BCUT2D eigenvalue weighted by molar-refractivity contribution is 6.52. The lowest BCUT2D eigenvalue weighted by atomic mass is 9.90. The predicted octanol–water partition coefficient (Wildman–Crippen LogP) is 2.06. The van der Waals surface area contributed by atoms with Crippen molar-refractivity contribution in [2.45, 2.75) is 38.9 Å². The van der Waals surface area contributed by atoms with Crippen molar-refractivity contribution in [1.82, 2.24) is 9.55 Å². The van der Waals surface area contributed by atoms with Crippen LogP contribution in [0.4, 0.5) is 0 Å². The van der Waals surface area contributed by atoms with E-state index in [0.29, 0.717) is 0 Å². The van der Waals surface area contributed by atoms with Crippen LogP contribution in [0.25, 0.3) is 6.08 Å². The topological polar surface area (TPSA) is 36.3 Å². The third-order valence-corrected chi connectivity index (χ3v) is 3.53. The number of aromatic nitrogens is 2. The second-order valence-electron chi connectivity index (χ2n) is 5.38. The van der Waals surface area contributed by atoms with Crippen LogP contribution < -0.4 is 0 Å². The van der Waals surface area contributed by atoms with Crippen LogP contribution in [0.2, 0.25) is 0 Å². The number of aryl methyl sites for hydroxylation is 1. The van der Waals surface area contributed by atoms with Gasteiger partial charge in [0.25, 0.3) is 0 Å². The molecule has 0 aliphatic carbocycles. The van der Waals surface area contributed by atoms with Crippen molar-refractivity contribution in [3.63, 3.8) is 0 Å². The Morgan fingerprint density at radius 2 is 1.82 bits per heavy atom. The maximum Gasteiger partial charge on any atom is 0.487 e. The van der Waals surface area contributed by atoms with Crippen LogP contribution in [0.5, 0.6) is 0 Å². The van der Waals surface area contributed by atoms with Crippen LogP contribution in [0.15, 0.2) is 18.4 Å². The van der Waals surface area contributed by atoms with Gasteiger partial charge in [-0.15, -0.1) is 0 Å². The summed E-state index contributed by atoms with van der Waals surface area (Å²) in [6.45, 7) is 8.17. The van der Waals surface area contributed by atoms with E-state index in [1.165, 1.54) is 0 Å². The first-order chi connectivity index (χ1) is 7.82. The molecule has 2 heterocycles. The van der Waals surface area contributed by atoms with E-state index in [0.717, 1.165) is 5.82 Å². The van der Waals surface area contributed by atoms with Gasteiger partial charge in [-0.2, -0.15) is 0 Å². The summed E-state index contributed by atoms with van der Waals surface area (Å²) in [5.41, 5.74) is -0.576. The lowest BCUT2D eigenvalue weighted by Gasteiger charge is -2.32. The van der Waals surface area contributed by atoms with Crippen molar-refractivity contribution in [2.24, 2.45) is 7.05 Å². The quantitative estimate of drug-likeness (QED) is 0.735. The highest BCUT2D eigenvalue weighted by atomic mass is 16.7. The Morgan fingerprint density at radius 3 is 2.29 bits per heavy atom. The van der Waals surface area contributed by atoms with Crippen LogP contribution >= 0.6 is 0 Å². The zero-order valence-electron chi connectivity index (χ0n) is 11.1. The monoisotopic (exact) mass is 234 g/mol. The molecule has 1 saturated heterocycles. The number of imidazole rings is 1. The number of nitrogens with zero attached hydrogens (tertiary/aromatic N) is 2. The van der Waals surface area contributed by atoms with Gasteiger partial charge in [-0.3, -0.25) is 0 Å². The number of hydrogen-bond acceptors (Lipinski definition) is 3. The first-order valence-corrected chi connectivity index (χ1v) is 5.83. The van der Waals surface area contributed by atoms with Gasteiger partial charge in [0.05, 0.1) is 11.2 Å². The number of hydrogen-bond donors (Lipinski definition) is 0. The molecule has 4 nitrogen and oxygen atoms in total. The minimum Gasteiger partial charge on any atom is -0.400 e. The second-order valence-corrected chi connectivity index (χ2v) is 5.38. The highest BCUT2D eigenvalue weighted by Crippen LogP contribution is 2.36. The van der Waals surface area contributed by atoms with Gasteiger partial charge in [-0.25, -0.2) is 4.98 Å². The first kappa shape index (κ1) is 12.4. The zero-order chi connectivity index (χ0) is 12.7. The molecule has 0 spiro atoms.